The van der Waals surface area contributed by atoms with Gasteiger partial charge in [0.05, 0.1) is 0 Å². The second kappa shape index (κ2) is 11.6. The van der Waals surface area contributed by atoms with Crippen LogP contribution in [-0.4, -0.2) is 31.6 Å². The second-order valence-electron chi connectivity index (χ2n) is 7.08. The topological polar surface area (TPSA) is 53.2 Å². The highest BCUT2D eigenvalue weighted by Crippen LogP contribution is 2.21. The zero-order valence-electron chi connectivity index (χ0n) is 15.7. The van der Waals surface area contributed by atoms with E-state index < -0.39 is 0 Å². The van der Waals surface area contributed by atoms with Gasteiger partial charge in [0.1, 0.15) is 0 Å². The molecule has 2 rings (SSSR count). The lowest BCUT2D eigenvalue weighted by atomic mass is 9.99. The van der Waals surface area contributed by atoms with Crippen LogP contribution in [0.25, 0.3) is 0 Å². The first kappa shape index (κ1) is 24.0. The van der Waals surface area contributed by atoms with Crippen molar-refractivity contribution in [3.05, 3.63) is 29.3 Å². The van der Waals surface area contributed by atoms with Crippen LogP contribution in [0.1, 0.15) is 49.5 Å². The summed E-state index contributed by atoms with van der Waals surface area (Å²) < 4.78 is 0. The van der Waals surface area contributed by atoms with Crippen LogP contribution < -0.4 is 16.0 Å². The van der Waals surface area contributed by atoms with Gasteiger partial charge in [0.2, 0.25) is 0 Å². The number of amides is 1. The minimum absolute atomic E-state index is 0. The first-order valence-corrected chi connectivity index (χ1v) is 8.84. The van der Waals surface area contributed by atoms with E-state index in [0.717, 1.165) is 36.4 Å². The Balaban J connectivity index is 0.00000288. The van der Waals surface area contributed by atoms with Gasteiger partial charge >= 0.3 is 0 Å². The maximum Gasteiger partial charge on any atom is 0.251 e. The van der Waals surface area contributed by atoms with Crippen molar-refractivity contribution in [2.45, 2.75) is 46.6 Å². The Bertz CT molecular complexity index is 531. The zero-order valence-corrected chi connectivity index (χ0v) is 17.4. The molecule has 1 aromatic carbocycles. The summed E-state index contributed by atoms with van der Waals surface area (Å²) >= 11 is 0. The third-order valence-electron chi connectivity index (χ3n) is 4.91. The third kappa shape index (κ3) is 7.04. The monoisotopic (exact) mass is 389 g/mol. The number of carbonyl (C=O) groups excluding carboxylic acids is 1. The lowest BCUT2D eigenvalue weighted by Gasteiger charge is -2.23. The summed E-state index contributed by atoms with van der Waals surface area (Å²) in [5, 5.41) is 10.0. The lowest BCUT2D eigenvalue weighted by molar-refractivity contribution is 0.0944. The molecule has 144 valence electrons. The van der Waals surface area contributed by atoms with Gasteiger partial charge in [0.15, 0.2) is 0 Å². The van der Waals surface area contributed by atoms with Crippen molar-refractivity contribution >= 4 is 36.4 Å². The predicted molar refractivity (Wildman–Crippen MR) is 112 cm³/mol. The molecule has 1 aliphatic rings. The summed E-state index contributed by atoms with van der Waals surface area (Å²) in [4.78, 5) is 12.5. The number of piperidine rings is 1. The van der Waals surface area contributed by atoms with E-state index in [1.165, 1.54) is 12.8 Å². The normalized spacial score (nSPS) is 17.9. The average Bonchev–Trinajstić information content (AvgIpc) is 2.55. The Kier molecular flexibility index (Phi) is 11.2. The molecule has 25 heavy (non-hydrogen) atoms. The number of hydrogen-bond donors (Lipinski definition) is 3. The number of halogens is 2. The van der Waals surface area contributed by atoms with Crippen molar-refractivity contribution in [3.8, 4) is 0 Å². The minimum Gasteiger partial charge on any atom is -0.382 e. The molecule has 1 aliphatic heterocycles. The Morgan fingerprint density at radius 3 is 2.60 bits per heavy atom. The molecule has 1 fully saturated rings. The van der Waals surface area contributed by atoms with Gasteiger partial charge in [-0.3, -0.25) is 4.79 Å². The fourth-order valence-corrected chi connectivity index (χ4v) is 2.88. The van der Waals surface area contributed by atoms with Crippen LogP contribution in [0.3, 0.4) is 0 Å². The summed E-state index contributed by atoms with van der Waals surface area (Å²) in [6.45, 7) is 11.5. The Labute approximate surface area is 164 Å². The van der Waals surface area contributed by atoms with Gasteiger partial charge in [-0.25, -0.2) is 0 Å². The largest absolute Gasteiger partial charge is 0.382 e. The average molecular weight is 390 g/mol. The van der Waals surface area contributed by atoms with Crippen LogP contribution in [0.15, 0.2) is 18.2 Å². The molecule has 6 heteroatoms. The van der Waals surface area contributed by atoms with Crippen LogP contribution in [0.2, 0.25) is 0 Å². The molecule has 3 N–H and O–H groups in total. The minimum atomic E-state index is 0. The fourth-order valence-electron chi connectivity index (χ4n) is 2.88. The molecule has 0 saturated carbocycles. The number of benzene rings is 1. The highest BCUT2D eigenvalue weighted by atomic mass is 35.5. The van der Waals surface area contributed by atoms with Gasteiger partial charge in [-0.05, 0) is 69.3 Å². The molecule has 0 aromatic heterocycles. The van der Waals surface area contributed by atoms with E-state index >= 15 is 0 Å². The molecule has 0 bridgehead atoms. The lowest BCUT2D eigenvalue weighted by Crippen LogP contribution is -2.38. The number of rotatable bonds is 6. The van der Waals surface area contributed by atoms with Crippen molar-refractivity contribution < 1.29 is 4.79 Å². The standard InChI is InChI=1S/C19H31N3O.2ClH/c1-13(2)15(4)22-18-9-5-8-17(14(18)3)19(23)21-12-16-7-6-10-20-11-16;;/h5,8-9,13,15-16,20,22H,6-7,10-12H2,1-4H3,(H,21,23);2*1H. The van der Waals surface area contributed by atoms with E-state index in [1.807, 2.05) is 19.1 Å². The van der Waals surface area contributed by atoms with Crippen LogP contribution >= 0.6 is 24.8 Å². The Hall–Kier alpha value is -0.970. The maximum atomic E-state index is 12.5. The first-order chi connectivity index (χ1) is 11.0. The molecule has 1 amide bonds. The summed E-state index contributed by atoms with van der Waals surface area (Å²) in [5.41, 5.74) is 2.85. The molecule has 2 unspecified atom stereocenters. The summed E-state index contributed by atoms with van der Waals surface area (Å²) in [5.74, 6) is 1.13. The molecular formula is C19H33Cl2N3O. The molecule has 1 aromatic rings. The van der Waals surface area contributed by atoms with Gasteiger partial charge in [0, 0.05) is 23.8 Å². The highest BCUT2D eigenvalue weighted by molar-refractivity contribution is 5.97. The number of anilines is 1. The quantitative estimate of drug-likeness (QED) is 0.688. The van der Waals surface area contributed by atoms with Gasteiger partial charge < -0.3 is 16.0 Å². The Morgan fingerprint density at radius 2 is 2.00 bits per heavy atom. The fraction of sp³-hybridized carbons (Fsp3) is 0.632. The van der Waals surface area contributed by atoms with Crippen LogP contribution in [0.5, 0.6) is 0 Å². The van der Waals surface area contributed by atoms with E-state index in [-0.39, 0.29) is 30.7 Å². The summed E-state index contributed by atoms with van der Waals surface area (Å²) in [6.07, 6.45) is 2.39. The van der Waals surface area contributed by atoms with E-state index in [2.05, 4.69) is 42.8 Å². The Morgan fingerprint density at radius 1 is 1.28 bits per heavy atom. The van der Waals surface area contributed by atoms with Gasteiger partial charge in [-0.2, -0.15) is 0 Å². The maximum absolute atomic E-state index is 12.5. The third-order valence-corrected chi connectivity index (χ3v) is 4.91. The van der Waals surface area contributed by atoms with E-state index in [4.69, 9.17) is 0 Å². The van der Waals surface area contributed by atoms with Crippen LogP contribution in [0, 0.1) is 18.8 Å². The van der Waals surface area contributed by atoms with E-state index in [9.17, 15) is 4.79 Å². The van der Waals surface area contributed by atoms with Crippen LogP contribution in [0.4, 0.5) is 5.69 Å². The van der Waals surface area contributed by atoms with Gasteiger partial charge in [0.25, 0.3) is 5.91 Å². The smallest absolute Gasteiger partial charge is 0.251 e. The highest BCUT2D eigenvalue weighted by Gasteiger charge is 2.17. The number of nitrogens with one attached hydrogen (secondary N) is 3. The van der Waals surface area contributed by atoms with Crippen molar-refractivity contribution in [1.29, 1.82) is 0 Å². The molecular weight excluding hydrogens is 357 g/mol. The first-order valence-electron chi connectivity index (χ1n) is 8.84. The predicted octanol–water partition coefficient (Wildman–Crippen LogP) is 4.02. The molecule has 0 spiro atoms. The van der Waals surface area contributed by atoms with Crippen molar-refractivity contribution in [2.24, 2.45) is 11.8 Å². The zero-order chi connectivity index (χ0) is 16.8. The van der Waals surface area contributed by atoms with Gasteiger partial charge in [-0.1, -0.05) is 19.9 Å². The van der Waals surface area contributed by atoms with Crippen molar-refractivity contribution in [3.63, 3.8) is 0 Å². The van der Waals surface area contributed by atoms with E-state index in [0.29, 0.717) is 17.9 Å². The molecule has 1 saturated heterocycles. The molecule has 4 nitrogen and oxygen atoms in total. The molecule has 0 radical (unpaired) electrons. The van der Waals surface area contributed by atoms with Gasteiger partial charge in [-0.15, -0.1) is 24.8 Å². The van der Waals surface area contributed by atoms with Crippen molar-refractivity contribution in [2.75, 3.05) is 25.0 Å². The summed E-state index contributed by atoms with van der Waals surface area (Å²) in [7, 11) is 0. The number of hydrogen-bond acceptors (Lipinski definition) is 3. The van der Waals surface area contributed by atoms with Crippen molar-refractivity contribution in [1.82, 2.24) is 10.6 Å². The molecule has 1 heterocycles. The SMILES string of the molecule is Cc1c(NC(C)C(C)C)cccc1C(=O)NCC1CCCNC1.Cl.Cl. The summed E-state index contributed by atoms with van der Waals surface area (Å²) in [6, 6.07) is 6.30. The van der Waals surface area contributed by atoms with Crippen LogP contribution in [-0.2, 0) is 0 Å². The van der Waals surface area contributed by atoms with E-state index in [1.54, 1.807) is 0 Å². The molecule has 0 aliphatic carbocycles. The molecule has 2 atom stereocenters. The second-order valence-corrected chi connectivity index (χ2v) is 7.08. The number of carbonyl (C=O) groups is 1.